The first-order valence-electron chi connectivity index (χ1n) is 6.83. The first kappa shape index (κ1) is 13.1. The van der Waals surface area contributed by atoms with Crippen molar-refractivity contribution in [3.63, 3.8) is 0 Å². The highest BCUT2D eigenvalue weighted by atomic mass is 32.2. The summed E-state index contributed by atoms with van der Waals surface area (Å²) in [4.78, 5) is 21.0. The minimum absolute atomic E-state index is 0.0609. The van der Waals surface area contributed by atoms with Crippen LogP contribution in [0.4, 0.5) is 0 Å². The summed E-state index contributed by atoms with van der Waals surface area (Å²) in [5.41, 5.74) is 2.41. The van der Waals surface area contributed by atoms with E-state index in [0.717, 1.165) is 16.4 Å². The van der Waals surface area contributed by atoms with Gasteiger partial charge in [-0.05, 0) is 24.3 Å². The molecular formula is C16H12N4OS. The van der Waals surface area contributed by atoms with Gasteiger partial charge in [0.2, 0.25) is 0 Å². The third-order valence-corrected chi connectivity index (χ3v) is 4.38. The second-order valence-corrected chi connectivity index (χ2v) is 5.78. The van der Waals surface area contributed by atoms with Crippen LogP contribution in [0.5, 0.6) is 0 Å². The summed E-state index contributed by atoms with van der Waals surface area (Å²) in [5.74, 6) is 0.606. The van der Waals surface area contributed by atoms with E-state index in [0.29, 0.717) is 11.4 Å². The molecule has 6 heteroatoms. The third-order valence-electron chi connectivity index (χ3n) is 3.38. The summed E-state index contributed by atoms with van der Waals surface area (Å²) in [6.45, 7) is 0. The SMILES string of the molecule is O=c1cc(CSc2ncc3ccccn23)nc2ccccn12. The van der Waals surface area contributed by atoms with Crippen LogP contribution in [0.25, 0.3) is 11.2 Å². The average Bonchev–Trinajstić information content (AvgIpc) is 2.96. The van der Waals surface area contributed by atoms with Crippen molar-refractivity contribution >= 4 is 22.9 Å². The molecule has 0 atom stereocenters. The fourth-order valence-corrected chi connectivity index (χ4v) is 3.20. The van der Waals surface area contributed by atoms with Gasteiger partial charge in [0.05, 0.1) is 17.4 Å². The number of aromatic nitrogens is 4. The molecule has 0 aliphatic heterocycles. The van der Waals surface area contributed by atoms with Gasteiger partial charge in [0.1, 0.15) is 5.65 Å². The Bertz CT molecular complexity index is 1020. The van der Waals surface area contributed by atoms with E-state index in [2.05, 4.69) is 9.97 Å². The van der Waals surface area contributed by atoms with E-state index in [1.54, 1.807) is 28.4 Å². The van der Waals surface area contributed by atoms with Crippen LogP contribution in [-0.2, 0) is 5.75 Å². The largest absolute Gasteiger partial charge is 0.295 e. The fraction of sp³-hybridized carbons (Fsp3) is 0.0625. The molecule has 0 unspecified atom stereocenters. The van der Waals surface area contributed by atoms with Crippen molar-refractivity contribution in [1.29, 1.82) is 0 Å². The topological polar surface area (TPSA) is 51.7 Å². The highest BCUT2D eigenvalue weighted by molar-refractivity contribution is 7.98. The summed E-state index contributed by atoms with van der Waals surface area (Å²) in [5, 5.41) is 0.894. The summed E-state index contributed by atoms with van der Waals surface area (Å²) in [6, 6.07) is 13.1. The number of hydrogen-bond donors (Lipinski definition) is 0. The zero-order chi connectivity index (χ0) is 14.9. The first-order chi connectivity index (χ1) is 10.8. The number of hydrogen-bond acceptors (Lipinski definition) is 4. The lowest BCUT2D eigenvalue weighted by atomic mass is 10.4. The van der Waals surface area contributed by atoms with Crippen LogP contribution in [-0.4, -0.2) is 18.8 Å². The van der Waals surface area contributed by atoms with E-state index in [4.69, 9.17) is 0 Å². The second-order valence-electron chi connectivity index (χ2n) is 4.84. The smallest absolute Gasteiger partial charge is 0.258 e. The molecular weight excluding hydrogens is 296 g/mol. The Balaban J connectivity index is 1.65. The van der Waals surface area contributed by atoms with Crippen LogP contribution in [0.2, 0.25) is 0 Å². The molecule has 4 aromatic rings. The Morgan fingerprint density at radius 2 is 1.86 bits per heavy atom. The van der Waals surface area contributed by atoms with Crippen molar-refractivity contribution in [1.82, 2.24) is 18.8 Å². The van der Waals surface area contributed by atoms with Gasteiger partial charge in [-0.2, -0.15) is 0 Å². The van der Waals surface area contributed by atoms with Gasteiger partial charge in [0.15, 0.2) is 5.16 Å². The van der Waals surface area contributed by atoms with Gasteiger partial charge in [-0.25, -0.2) is 9.97 Å². The molecule has 4 heterocycles. The molecule has 0 amide bonds. The average molecular weight is 308 g/mol. The van der Waals surface area contributed by atoms with Crippen molar-refractivity contribution in [2.45, 2.75) is 10.9 Å². The molecule has 4 aromatic heterocycles. The first-order valence-corrected chi connectivity index (χ1v) is 7.82. The van der Waals surface area contributed by atoms with Gasteiger partial charge >= 0.3 is 0 Å². The van der Waals surface area contributed by atoms with Crippen LogP contribution in [0.1, 0.15) is 5.69 Å². The van der Waals surface area contributed by atoms with Gasteiger partial charge in [0.25, 0.3) is 5.56 Å². The standard InChI is InChI=1S/C16H12N4OS/c21-15-9-12(18-14-6-2-4-8-20(14)15)11-22-16-17-10-13-5-1-3-7-19(13)16/h1-10H,11H2. The highest BCUT2D eigenvalue weighted by Crippen LogP contribution is 2.21. The molecule has 22 heavy (non-hydrogen) atoms. The minimum Gasteiger partial charge on any atom is -0.295 e. The van der Waals surface area contributed by atoms with Gasteiger partial charge in [0, 0.05) is 24.2 Å². The normalized spacial score (nSPS) is 11.3. The summed E-state index contributed by atoms with van der Waals surface area (Å²) in [6.07, 6.45) is 5.54. The maximum atomic E-state index is 12.1. The molecule has 0 aromatic carbocycles. The van der Waals surface area contributed by atoms with E-state index in [-0.39, 0.29) is 5.56 Å². The van der Waals surface area contributed by atoms with E-state index in [1.165, 1.54) is 0 Å². The molecule has 0 saturated carbocycles. The number of rotatable bonds is 3. The maximum absolute atomic E-state index is 12.1. The van der Waals surface area contributed by atoms with Crippen LogP contribution in [0, 0.1) is 0 Å². The van der Waals surface area contributed by atoms with Crippen molar-refractivity contribution < 1.29 is 0 Å². The van der Waals surface area contributed by atoms with Crippen molar-refractivity contribution in [3.8, 4) is 0 Å². The van der Waals surface area contributed by atoms with Gasteiger partial charge in [-0.15, -0.1) is 0 Å². The molecule has 0 bridgehead atoms. The Hall–Kier alpha value is -2.60. The molecule has 108 valence electrons. The highest BCUT2D eigenvalue weighted by Gasteiger charge is 2.06. The number of fused-ring (bicyclic) bond motifs is 2. The third kappa shape index (κ3) is 2.27. The van der Waals surface area contributed by atoms with Crippen molar-refractivity contribution in [2.75, 3.05) is 0 Å². The molecule has 0 radical (unpaired) electrons. The maximum Gasteiger partial charge on any atom is 0.258 e. The number of nitrogens with zero attached hydrogens (tertiary/aromatic N) is 4. The number of pyridine rings is 2. The molecule has 4 rings (SSSR count). The quantitative estimate of drug-likeness (QED) is 0.546. The number of imidazole rings is 1. The molecule has 0 fully saturated rings. The lowest BCUT2D eigenvalue weighted by Crippen LogP contribution is -2.14. The van der Waals surface area contributed by atoms with Crippen LogP contribution >= 0.6 is 11.8 Å². The molecule has 0 aliphatic rings. The van der Waals surface area contributed by atoms with E-state index >= 15 is 0 Å². The van der Waals surface area contributed by atoms with E-state index in [9.17, 15) is 4.79 Å². The molecule has 0 N–H and O–H groups in total. The monoisotopic (exact) mass is 308 g/mol. The minimum atomic E-state index is -0.0609. The van der Waals surface area contributed by atoms with Gasteiger partial charge < -0.3 is 0 Å². The molecule has 0 saturated heterocycles. The van der Waals surface area contributed by atoms with E-state index < -0.39 is 0 Å². The van der Waals surface area contributed by atoms with Crippen LogP contribution in [0.15, 0.2) is 71.0 Å². The van der Waals surface area contributed by atoms with Gasteiger partial charge in [-0.3, -0.25) is 13.6 Å². The Kier molecular flexibility index (Phi) is 3.16. The molecule has 0 aliphatic carbocycles. The molecule has 5 nitrogen and oxygen atoms in total. The number of thioether (sulfide) groups is 1. The summed E-state index contributed by atoms with van der Waals surface area (Å²) < 4.78 is 3.57. The van der Waals surface area contributed by atoms with Gasteiger partial charge in [-0.1, -0.05) is 23.9 Å². The predicted octanol–water partition coefficient (Wildman–Crippen LogP) is 2.63. The van der Waals surface area contributed by atoms with E-state index in [1.807, 2.05) is 53.2 Å². The lowest BCUT2D eigenvalue weighted by molar-refractivity contribution is 0.953. The lowest BCUT2D eigenvalue weighted by Gasteiger charge is -2.03. The Morgan fingerprint density at radius 1 is 1.05 bits per heavy atom. The molecule has 0 spiro atoms. The Morgan fingerprint density at radius 3 is 2.77 bits per heavy atom. The zero-order valence-corrected chi connectivity index (χ0v) is 12.4. The second kappa shape index (κ2) is 5.31. The predicted molar refractivity (Wildman–Crippen MR) is 86.2 cm³/mol. The Labute approximate surface area is 130 Å². The van der Waals surface area contributed by atoms with Crippen LogP contribution < -0.4 is 5.56 Å². The summed E-state index contributed by atoms with van der Waals surface area (Å²) >= 11 is 1.57. The van der Waals surface area contributed by atoms with Crippen molar-refractivity contribution in [2.24, 2.45) is 0 Å². The van der Waals surface area contributed by atoms with Crippen LogP contribution in [0.3, 0.4) is 0 Å². The summed E-state index contributed by atoms with van der Waals surface area (Å²) in [7, 11) is 0. The fourth-order valence-electron chi connectivity index (χ4n) is 2.34. The van der Waals surface area contributed by atoms with Crippen molar-refractivity contribution in [3.05, 3.63) is 77.1 Å². The zero-order valence-electron chi connectivity index (χ0n) is 11.6.